The van der Waals surface area contributed by atoms with Crippen molar-refractivity contribution in [3.8, 4) is 5.75 Å². The van der Waals surface area contributed by atoms with E-state index in [1.165, 1.54) is 16.7 Å². The quantitative estimate of drug-likeness (QED) is 0.596. The van der Waals surface area contributed by atoms with Crippen LogP contribution in [0.1, 0.15) is 39.5 Å². The molecule has 29 heavy (non-hydrogen) atoms. The van der Waals surface area contributed by atoms with Crippen molar-refractivity contribution in [2.24, 2.45) is 5.73 Å². The summed E-state index contributed by atoms with van der Waals surface area (Å²) < 4.78 is 11.2. The molecule has 0 aliphatic heterocycles. The second kappa shape index (κ2) is 10.4. The van der Waals surface area contributed by atoms with Crippen LogP contribution in [0.4, 0.5) is 0 Å². The number of ether oxygens (including phenoxy) is 1. The molecule has 1 heterocycles. The average Bonchev–Trinajstić information content (AvgIpc) is 3.09. The van der Waals surface area contributed by atoms with Crippen LogP contribution < -0.4 is 10.5 Å². The van der Waals surface area contributed by atoms with Crippen LogP contribution in [0.15, 0.2) is 40.9 Å². The summed E-state index contributed by atoms with van der Waals surface area (Å²) in [5.74, 6) is 2.07. The molecule has 0 aliphatic carbocycles. The van der Waals surface area contributed by atoms with Crippen molar-refractivity contribution in [3.05, 3.63) is 75.9 Å². The molecular formula is C22H29ClN4O2. The fraction of sp³-hybridized carbons (Fsp3) is 0.364. The summed E-state index contributed by atoms with van der Waals surface area (Å²) in [7, 11) is 2.03. The van der Waals surface area contributed by atoms with Crippen molar-refractivity contribution in [2.45, 2.75) is 47.0 Å². The fourth-order valence-electron chi connectivity index (χ4n) is 3.33. The lowest BCUT2D eigenvalue weighted by molar-refractivity contribution is 0.295. The normalized spacial score (nSPS) is 10.8. The van der Waals surface area contributed by atoms with Crippen LogP contribution in [0, 0.1) is 20.8 Å². The van der Waals surface area contributed by atoms with Crippen LogP contribution in [0.25, 0.3) is 0 Å². The Bertz CT molecular complexity index is 919. The summed E-state index contributed by atoms with van der Waals surface area (Å²) in [5, 5.41) is 3.95. The van der Waals surface area contributed by atoms with Crippen molar-refractivity contribution >= 4 is 12.4 Å². The van der Waals surface area contributed by atoms with Gasteiger partial charge in [-0.05, 0) is 55.6 Å². The summed E-state index contributed by atoms with van der Waals surface area (Å²) in [6.07, 6.45) is 0. The first-order valence-corrected chi connectivity index (χ1v) is 9.43. The highest BCUT2D eigenvalue weighted by molar-refractivity contribution is 5.85. The SMILES string of the molecule is Cc1ccccc1COc1c(C)cc(CN(C)Cc2noc(CN)n2)cc1C.Cl. The van der Waals surface area contributed by atoms with E-state index >= 15 is 0 Å². The lowest BCUT2D eigenvalue weighted by atomic mass is 10.0. The van der Waals surface area contributed by atoms with Crippen LogP contribution in [-0.2, 0) is 26.2 Å². The maximum atomic E-state index is 6.15. The van der Waals surface area contributed by atoms with Gasteiger partial charge in [0.2, 0.25) is 5.89 Å². The van der Waals surface area contributed by atoms with E-state index in [4.69, 9.17) is 15.0 Å². The topological polar surface area (TPSA) is 77.4 Å². The molecule has 6 nitrogen and oxygen atoms in total. The van der Waals surface area contributed by atoms with Gasteiger partial charge < -0.3 is 15.0 Å². The van der Waals surface area contributed by atoms with Gasteiger partial charge in [0.1, 0.15) is 12.4 Å². The molecule has 0 bridgehead atoms. The van der Waals surface area contributed by atoms with Gasteiger partial charge in [0.05, 0.1) is 13.1 Å². The van der Waals surface area contributed by atoms with E-state index in [2.05, 4.69) is 60.1 Å². The predicted octanol–water partition coefficient (Wildman–Crippen LogP) is 4.09. The largest absolute Gasteiger partial charge is 0.488 e. The maximum Gasteiger partial charge on any atom is 0.240 e. The lowest BCUT2D eigenvalue weighted by Crippen LogP contribution is -2.18. The highest BCUT2D eigenvalue weighted by Crippen LogP contribution is 2.27. The van der Waals surface area contributed by atoms with Crippen molar-refractivity contribution in [1.29, 1.82) is 0 Å². The monoisotopic (exact) mass is 416 g/mol. The highest BCUT2D eigenvalue weighted by atomic mass is 35.5. The summed E-state index contributed by atoms with van der Waals surface area (Å²) in [6.45, 7) is 8.53. The van der Waals surface area contributed by atoms with E-state index in [1.807, 2.05) is 19.2 Å². The third kappa shape index (κ3) is 6.03. The lowest BCUT2D eigenvalue weighted by Gasteiger charge is -2.18. The summed E-state index contributed by atoms with van der Waals surface area (Å²) in [4.78, 5) is 6.40. The minimum absolute atomic E-state index is 0. The van der Waals surface area contributed by atoms with Crippen LogP contribution in [-0.4, -0.2) is 22.1 Å². The predicted molar refractivity (Wildman–Crippen MR) is 116 cm³/mol. The van der Waals surface area contributed by atoms with Gasteiger partial charge in [0.25, 0.3) is 0 Å². The Kier molecular flexibility index (Phi) is 8.20. The molecule has 7 heteroatoms. The number of benzene rings is 2. The Morgan fingerprint density at radius 2 is 1.72 bits per heavy atom. The zero-order valence-corrected chi connectivity index (χ0v) is 18.3. The van der Waals surface area contributed by atoms with E-state index < -0.39 is 0 Å². The van der Waals surface area contributed by atoms with Gasteiger partial charge in [-0.3, -0.25) is 4.90 Å². The average molecular weight is 417 g/mol. The Morgan fingerprint density at radius 1 is 1.03 bits per heavy atom. The molecule has 2 N–H and O–H groups in total. The van der Waals surface area contributed by atoms with Crippen LogP contribution in [0.2, 0.25) is 0 Å². The molecule has 3 aromatic rings. The van der Waals surface area contributed by atoms with E-state index in [0.29, 0.717) is 24.9 Å². The first kappa shape index (κ1) is 22.9. The molecule has 156 valence electrons. The molecule has 3 rings (SSSR count). The fourth-order valence-corrected chi connectivity index (χ4v) is 3.33. The van der Waals surface area contributed by atoms with Gasteiger partial charge in [-0.15, -0.1) is 12.4 Å². The second-order valence-corrected chi connectivity index (χ2v) is 7.25. The minimum Gasteiger partial charge on any atom is -0.488 e. The first-order chi connectivity index (χ1) is 13.5. The summed E-state index contributed by atoms with van der Waals surface area (Å²) >= 11 is 0. The number of nitrogens with two attached hydrogens (primary N) is 1. The minimum atomic E-state index is 0. The smallest absolute Gasteiger partial charge is 0.240 e. The van der Waals surface area contributed by atoms with Crippen LogP contribution >= 0.6 is 12.4 Å². The zero-order valence-electron chi connectivity index (χ0n) is 17.4. The first-order valence-electron chi connectivity index (χ1n) is 9.43. The Morgan fingerprint density at radius 3 is 2.34 bits per heavy atom. The van der Waals surface area contributed by atoms with Gasteiger partial charge in [0.15, 0.2) is 5.82 Å². The number of nitrogens with zero attached hydrogens (tertiary/aromatic N) is 3. The number of rotatable bonds is 8. The van der Waals surface area contributed by atoms with E-state index in [-0.39, 0.29) is 19.0 Å². The molecule has 0 fully saturated rings. The van der Waals surface area contributed by atoms with Gasteiger partial charge in [-0.1, -0.05) is 41.6 Å². The molecule has 0 saturated heterocycles. The molecule has 0 atom stereocenters. The number of halogens is 1. The van der Waals surface area contributed by atoms with Crippen LogP contribution in [0.5, 0.6) is 5.75 Å². The third-order valence-electron chi connectivity index (χ3n) is 4.70. The Hall–Kier alpha value is -2.41. The molecular weight excluding hydrogens is 388 g/mol. The van der Waals surface area contributed by atoms with Crippen molar-refractivity contribution < 1.29 is 9.26 Å². The number of hydrogen-bond donors (Lipinski definition) is 1. The Labute approximate surface area is 178 Å². The molecule has 2 aromatic carbocycles. The molecule has 0 aliphatic rings. The third-order valence-corrected chi connectivity index (χ3v) is 4.70. The molecule has 1 aromatic heterocycles. The van der Waals surface area contributed by atoms with Gasteiger partial charge in [0, 0.05) is 6.54 Å². The second-order valence-electron chi connectivity index (χ2n) is 7.25. The van der Waals surface area contributed by atoms with Crippen molar-refractivity contribution in [2.75, 3.05) is 7.05 Å². The van der Waals surface area contributed by atoms with Crippen molar-refractivity contribution in [1.82, 2.24) is 15.0 Å². The number of aromatic nitrogens is 2. The molecule has 0 spiro atoms. The number of aryl methyl sites for hydroxylation is 3. The Balaban J connectivity index is 0.00000300. The van der Waals surface area contributed by atoms with E-state index in [1.54, 1.807) is 0 Å². The van der Waals surface area contributed by atoms with E-state index in [0.717, 1.165) is 23.4 Å². The van der Waals surface area contributed by atoms with E-state index in [9.17, 15) is 0 Å². The van der Waals surface area contributed by atoms with Crippen molar-refractivity contribution in [3.63, 3.8) is 0 Å². The highest BCUT2D eigenvalue weighted by Gasteiger charge is 2.12. The van der Waals surface area contributed by atoms with Gasteiger partial charge in [-0.25, -0.2) is 0 Å². The zero-order chi connectivity index (χ0) is 20.1. The molecule has 0 saturated carbocycles. The van der Waals surface area contributed by atoms with Crippen LogP contribution in [0.3, 0.4) is 0 Å². The molecule has 0 radical (unpaired) electrons. The van der Waals surface area contributed by atoms with Gasteiger partial charge >= 0.3 is 0 Å². The van der Waals surface area contributed by atoms with Gasteiger partial charge in [-0.2, -0.15) is 4.98 Å². The molecule has 0 unspecified atom stereocenters. The standard InChI is InChI=1S/C22H28N4O2.ClH/c1-15-7-5-6-8-19(15)14-27-22-16(2)9-18(10-17(22)3)12-26(4)13-20-24-21(11-23)28-25-20;/h5-10H,11-14,23H2,1-4H3;1H. The maximum absolute atomic E-state index is 6.15. The summed E-state index contributed by atoms with van der Waals surface area (Å²) in [6, 6.07) is 12.7. The molecule has 0 amide bonds. The number of hydrogen-bond acceptors (Lipinski definition) is 6. The summed E-state index contributed by atoms with van der Waals surface area (Å²) in [5.41, 5.74) is 11.5.